The van der Waals surface area contributed by atoms with Crippen LogP contribution in [0.25, 0.3) is 0 Å². The van der Waals surface area contributed by atoms with Gasteiger partial charge in [0.25, 0.3) is 0 Å². The number of rotatable bonds is 1. The Kier molecular flexibility index (Phi) is 1.79. The third-order valence-electron chi connectivity index (χ3n) is 1.31. The first kappa shape index (κ1) is 6.22. The van der Waals surface area contributed by atoms with Crippen LogP contribution in [0.5, 0.6) is 0 Å². The zero-order valence-corrected chi connectivity index (χ0v) is 5.05. The van der Waals surface area contributed by atoms with Crippen molar-refractivity contribution in [2.24, 2.45) is 0 Å². The second-order valence-corrected chi connectivity index (χ2v) is 1.92. The molecule has 4 heteroatoms. The van der Waals surface area contributed by atoms with Gasteiger partial charge in [0, 0.05) is 13.1 Å². The summed E-state index contributed by atoms with van der Waals surface area (Å²) in [6.07, 6.45) is 0.562. The molecule has 0 aromatic rings. The van der Waals surface area contributed by atoms with Crippen molar-refractivity contribution in [3.8, 4) is 0 Å². The molecule has 0 atom stereocenters. The minimum Gasteiger partial charge on any atom is -0.340 e. The van der Waals surface area contributed by atoms with Gasteiger partial charge in [0.1, 0.15) is 0 Å². The Bertz CT molecular complexity index is 128. The highest BCUT2D eigenvalue weighted by Gasteiger charge is 2.12. The van der Waals surface area contributed by atoms with Crippen LogP contribution in [0.15, 0.2) is 0 Å². The first-order chi connectivity index (χ1) is 4.34. The standard InChI is InChI=1S/C5H9N3O/c6-5(3-9)8-2-1-7-4-8/h3,6-7H,1-2,4H2. The van der Waals surface area contributed by atoms with E-state index in [0.717, 1.165) is 13.1 Å². The van der Waals surface area contributed by atoms with Gasteiger partial charge in [0.05, 0.1) is 6.67 Å². The normalized spacial score (nSPS) is 18.0. The quantitative estimate of drug-likeness (QED) is 0.270. The summed E-state index contributed by atoms with van der Waals surface area (Å²) in [6.45, 7) is 2.28. The molecule has 1 rings (SSSR count). The van der Waals surface area contributed by atoms with Gasteiger partial charge in [-0.1, -0.05) is 0 Å². The molecule has 4 nitrogen and oxygen atoms in total. The molecule has 0 saturated carbocycles. The highest BCUT2D eigenvalue weighted by Crippen LogP contribution is 1.90. The number of carbonyl (C=O) groups excluding carboxylic acids is 1. The summed E-state index contributed by atoms with van der Waals surface area (Å²) in [6, 6.07) is 0. The molecule has 1 saturated heterocycles. The summed E-state index contributed by atoms with van der Waals surface area (Å²) in [7, 11) is 0. The molecule has 0 unspecified atom stereocenters. The first-order valence-corrected chi connectivity index (χ1v) is 2.84. The van der Waals surface area contributed by atoms with Crippen molar-refractivity contribution in [3.63, 3.8) is 0 Å². The van der Waals surface area contributed by atoms with Crippen molar-refractivity contribution in [1.82, 2.24) is 10.2 Å². The SMILES string of the molecule is N=C(C=O)N1CCNC1. The first-order valence-electron chi connectivity index (χ1n) is 2.84. The molecule has 1 fully saturated rings. The lowest BCUT2D eigenvalue weighted by molar-refractivity contribution is -0.103. The number of nitrogens with one attached hydrogen (secondary N) is 2. The van der Waals surface area contributed by atoms with Crippen LogP contribution in [0, 0.1) is 5.41 Å². The fourth-order valence-electron chi connectivity index (χ4n) is 0.787. The Morgan fingerprint density at radius 2 is 2.56 bits per heavy atom. The monoisotopic (exact) mass is 127 g/mol. The molecule has 50 valence electrons. The van der Waals surface area contributed by atoms with Crippen molar-refractivity contribution in [3.05, 3.63) is 0 Å². The van der Waals surface area contributed by atoms with E-state index < -0.39 is 0 Å². The van der Waals surface area contributed by atoms with E-state index in [4.69, 9.17) is 5.41 Å². The number of hydrogen-bond acceptors (Lipinski definition) is 3. The summed E-state index contributed by atoms with van der Waals surface area (Å²) in [4.78, 5) is 11.7. The molecule has 0 aromatic heterocycles. The summed E-state index contributed by atoms with van der Waals surface area (Å²) in [5, 5.41) is 10.1. The van der Waals surface area contributed by atoms with Crippen LogP contribution in [0.1, 0.15) is 0 Å². The van der Waals surface area contributed by atoms with Gasteiger partial charge in [-0.2, -0.15) is 0 Å². The van der Waals surface area contributed by atoms with Crippen LogP contribution in [0.4, 0.5) is 0 Å². The van der Waals surface area contributed by atoms with Gasteiger partial charge < -0.3 is 4.90 Å². The van der Waals surface area contributed by atoms with Crippen molar-refractivity contribution >= 4 is 12.1 Å². The lowest BCUT2D eigenvalue weighted by atomic mass is 10.5. The van der Waals surface area contributed by atoms with Gasteiger partial charge in [-0.15, -0.1) is 0 Å². The molecule has 0 spiro atoms. The van der Waals surface area contributed by atoms with Crippen LogP contribution in [-0.4, -0.2) is 36.8 Å². The number of nitrogens with zero attached hydrogens (tertiary/aromatic N) is 1. The maximum absolute atomic E-state index is 10.00. The van der Waals surface area contributed by atoms with E-state index in [1.807, 2.05) is 0 Å². The van der Waals surface area contributed by atoms with Crippen molar-refractivity contribution in [1.29, 1.82) is 5.41 Å². The smallest absolute Gasteiger partial charge is 0.184 e. The van der Waals surface area contributed by atoms with E-state index >= 15 is 0 Å². The average Bonchev–Trinajstić information content (AvgIpc) is 2.37. The Balaban J connectivity index is 2.41. The molecule has 9 heavy (non-hydrogen) atoms. The summed E-state index contributed by atoms with van der Waals surface area (Å²) in [5.74, 6) is 0.0694. The van der Waals surface area contributed by atoms with E-state index in [9.17, 15) is 4.79 Å². The number of carbonyl (C=O) groups is 1. The highest BCUT2D eigenvalue weighted by molar-refractivity contribution is 6.25. The van der Waals surface area contributed by atoms with Crippen molar-refractivity contribution in [2.75, 3.05) is 19.8 Å². The van der Waals surface area contributed by atoms with Gasteiger partial charge in [-0.3, -0.25) is 15.5 Å². The molecule has 0 radical (unpaired) electrons. The average molecular weight is 127 g/mol. The molecular formula is C5H9N3O. The van der Waals surface area contributed by atoms with E-state index in [2.05, 4.69) is 5.32 Å². The fourth-order valence-corrected chi connectivity index (χ4v) is 0.787. The Morgan fingerprint density at radius 3 is 3.00 bits per heavy atom. The van der Waals surface area contributed by atoms with E-state index in [1.165, 1.54) is 0 Å². The van der Waals surface area contributed by atoms with Gasteiger partial charge in [-0.05, 0) is 0 Å². The van der Waals surface area contributed by atoms with E-state index in [-0.39, 0.29) is 5.84 Å². The highest BCUT2D eigenvalue weighted by atomic mass is 16.1. The Labute approximate surface area is 53.3 Å². The molecule has 1 aliphatic heterocycles. The topological polar surface area (TPSA) is 56.2 Å². The largest absolute Gasteiger partial charge is 0.340 e. The van der Waals surface area contributed by atoms with Crippen LogP contribution in [0.3, 0.4) is 0 Å². The lowest BCUT2D eigenvalue weighted by Crippen LogP contribution is -2.29. The van der Waals surface area contributed by atoms with E-state index in [1.54, 1.807) is 4.90 Å². The second kappa shape index (κ2) is 2.59. The lowest BCUT2D eigenvalue weighted by Gasteiger charge is -2.11. The van der Waals surface area contributed by atoms with E-state index in [0.29, 0.717) is 13.0 Å². The summed E-state index contributed by atoms with van der Waals surface area (Å²) in [5.41, 5.74) is 0. The molecule has 0 aliphatic carbocycles. The molecule has 2 N–H and O–H groups in total. The molecule has 1 heterocycles. The maximum atomic E-state index is 10.00. The molecule has 0 bridgehead atoms. The third-order valence-corrected chi connectivity index (χ3v) is 1.31. The van der Waals surface area contributed by atoms with Crippen LogP contribution in [-0.2, 0) is 4.79 Å². The number of hydrogen-bond donors (Lipinski definition) is 2. The zero-order chi connectivity index (χ0) is 6.69. The third kappa shape index (κ3) is 1.26. The van der Waals surface area contributed by atoms with Crippen LogP contribution < -0.4 is 5.32 Å². The minimum absolute atomic E-state index is 0.0694. The summed E-state index contributed by atoms with van der Waals surface area (Å²) >= 11 is 0. The van der Waals surface area contributed by atoms with Crippen LogP contribution >= 0.6 is 0 Å². The predicted molar refractivity (Wildman–Crippen MR) is 33.4 cm³/mol. The molecular weight excluding hydrogens is 118 g/mol. The van der Waals surface area contributed by atoms with Gasteiger partial charge in [0.15, 0.2) is 12.1 Å². The Hall–Kier alpha value is -0.900. The molecule has 0 amide bonds. The minimum atomic E-state index is 0.0694. The number of amidine groups is 1. The van der Waals surface area contributed by atoms with Crippen LogP contribution in [0.2, 0.25) is 0 Å². The number of aldehydes is 1. The van der Waals surface area contributed by atoms with Crippen molar-refractivity contribution < 1.29 is 4.79 Å². The van der Waals surface area contributed by atoms with Gasteiger partial charge in [0.2, 0.25) is 0 Å². The Morgan fingerprint density at radius 1 is 1.78 bits per heavy atom. The zero-order valence-electron chi connectivity index (χ0n) is 5.05. The predicted octanol–water partition coefficient (Wildman–Crippen LogP) is -0.975. The maximum Gasteiger partial charge on any atom is 0.184 e. The second-order valence-electron chi connectivity index (χ2n) is 1.92. The molecule has 0 aromatic carbocycles. The van der Waals surface area contributed by atoms with Gasteiger partial charge in [-0.25, -0.2) is 0 Å². The van der Waals surface area contributed by atoms with Gasteiger partial charge >= 0.3 is 0 Å². The summed E-state index contributed by atoms with van der Waals surface area (Å²) < 4.78 is 0. The molecule has 1 aliphatic rings. The van der Waals surface area contributed by atoms with Crippen molar-refractivity contribution in [2.45, 2.75) is 0 Å². The fraction of sp³-hybridized carbons (Fsp3) is 0.600.